The molecule has 0 aromatic carbocycles. The van der Waals surface area contributed by atoms with Crippen molar-refractivity contribution in [2.45, 2.75) is 19.6 Å². The number of nitrogen functional groups attached to an aromatic ring is 2. The van der Waals surface area contributed by atoms with Gasteiger partial charge in [0.1, 0.15) is 24.2 Å². The Bertz CT molecular complexity index is 591. The molecule has 9 heteroatoms. The largest absolute Gasteiger partial charge is 0.391 e. The minimum atomic E-state index is -0.651. The van der Waals surface area contributed by atoms with Crippen LogP contribution in [0.15, 0.2) is 14.6 Å². The Balaban J connectivity index is 2.49. The fourth-order valence-corrected chi connectivity index (χ4v) is 1.58. The summed E-state index contributed by atoms with van der Waals surface area (Å²) in [5, 5.41) is 0. The number of nitrogens with two attached hydrogens (primary N) is 2. The van der Waals surface area contributed by atoms with Crippen LogP contribution in [-0.4, -0.2) is 21.2 Å². The highest BCUT2D eigenvalue weighted by Gasteiger charge is 2.19. The number of aliphatic imine (C=N–C) groups is 1. The Morgan fingerprint density at radius 1 is 1.44 bits per heavy atom. The summed E-state index contributed by atoms with van der Waals surface area (Å²) in [7, 11) is 1.43. The molecule has 1 aromatic rings. The van der Waals surface area contributed by atoms with Gasteiger partial charge in [0.25, 0.3) is 5.56 Å². The molecule has 18 heavy (non-hydrogen) atoms. The molecule has 98 valence electrons. The highest BCUT2D eigenvalue weighted by molar-refractivity contribution is 5.77. The molecular weight excluding hydrogens is 240 g/mol. The van der Waals surface area contributed by atoms with Crippen molar-refractivity contribution in [2.24, 2.45) is 12.0 Å². The standard InChI is InChI=1S/C9H14N6O3/c1-4-12-5(18-13-4)3-15-8(16)6(10)7(11)14(2)9(15)17/h4,13H,3,10-11H2,1-2H3. The van der Waals surface area contributed by atoms with Gasteiger partial charge in [-0.3, -0.25) is 9.36 Å². The second kappa shape index (κ2) is 4.18. The van der Waals surface area contributed by atoms with Crippen molar-refractivity contribution >= 4 is 17.4 Å². The van der Waals surface area contributed by atoms with Gasteiger partial charge in [0, 0.05) is 7.05 Å². The first-order chi connectivity index (χ1) is 8.41. The third kappa shape index (κ3) is 1.84. The van der Waals surface area contributed by atoms with Crippen molar-refractivity contribution in [2.75, 3.05) is 11.5 Å². The van der Waals surface area contributed by atoms with Gasteiger partial charge in [0.15, 0.2) is 0 Å². The Kier molecular flexibility index (Phi) is 2.83. The second-order valence-electron chi connectivity index (χ2n) is 3.95. The molecule has 2 heterocycles. The third-order valence-corrected chi connectivity index (χ3v) is 2.61. The van der Waals surface area contributed by atoms with Crippen molar-refractivity contribution in [1.29, 1.82) is 0 Å². The van der Waals surface area contributed by atoms with E-state index < -0.39 is 11.2 Å². The molecule has 0 spiro atoms. The van der Waals surface area contributed by atoms with E-state index in [4.69, 9.17) is 16.3 Å². The van der Waals surface area contributed by atoms with Crippen LogP contribution < -0.4 is 28.2 Å². The van der Waals surface area contributed by atoms with Crippen LogP contribution in [0.4, 0.5) is 11.5 Å². The fraction of sp³-hybridized carbons (Fsp3) is 0.444. The molecular formula is C9H14N6O3. The van der Waals surface area contributed by atoms with E-state index in [1.165, 1.54) is 7.05 Å². The van der Waals surface area contributed by atoms with Gasteiger partial charge in [-0.25, -0.2) is 14.4 Å². The van der Waals surface area contributed by atoms with Crippen LogP contribution >= 0.6 is 0 Å². The van der Waals surface area contributed by atoms with Gasteiger partial charge >= 0.3 is 5.69 Å². The number of aromatic nitrogens is 2. The summed E-state index contributed by atoms with van der Waals surface area (Å²) in [5.74, 6) is 0.188. The Labute approximate surface area is 102 Å². The Morgan fingerprint density at radius 2 is 2.11 bits per heavy atom. The molecule has 0 saturated carbocycles. The molecule has 1 unspecified atom stereocenters. The zero-order valence-electron chi connectivity index (χ0n) is 10.0. The van der Waals surface area contributed by atoms with Gasteiger partial charge in [-0.15, -0.1) is 5.48 Å². The first-order valence-electron chi connectivity index (χ1n) is 5.25. The van der Waals surface area contributed by atoms with Crippen molar-refractivity contribution < 1.29 is 4.84 Å². The highest BCUT2D eigenvalue weighted by Crippen LogP contribution is 2.04. The minimum Gasteiger partial charge on any atom is -0.391 e. The molecule has 0 aliphatic carbocycles. The lowest BCUT2D eigenvalue weighted by Gasteiger charge is -2.10. The van der Waals surface area contributed by atoms with Crippen LogP contribution in [0.5, 0.6) is 0 Å². The van der Waals surface area contributed by atoms with Gasteiger partial charge in [-0.1, -0.05) is 0 Å². The molecule has 5 N–H and O–H groups in total. The number of hydrogen-bond acceptors (Lipinski definition) is 7. The van der Waals surface area contributed by atoms with E-state index in [0.717, 1.165) is 9.13 Å². The fourth-order valence-electron chi connectivity index (χ4n) is 1.58. The summed E-state index contributed by atoms with van der Waals surface area (Å²) < 4.78 is 2.02. The zero-order valence-corrected chi connectivity index (χ0v) is 10.0. The first-order valence-corrected chi connectivity index (χ1v) is 5.25. The lowest BCUT2D eigenvalue weighted by atomic mass is 10.4. The monoisotopic (exact) mass is 254 g/mol. The molecule has 1 aromatic heterocycles. The van der Waals surface area contributed by atoms with Crippen molar-refractivity contribution in [3.63, 3.8) is 0 Å². The van der Waals surface area contributed by atoms with E-state index >= 15 is 0 Å². The number of hydroxylamine groups is 1. The van der Waals surface area contributed by atoms with Gasteiger partial charge in [0.2, 0.25) is 5.90 Å². The number of hydrogen-bond donors (Lipinski definition) is 3. The minimum absolute atomic E-state index is 0.0537. The normalized spacial score (nSPS) is 18.6. The third-order valence-electron chi connectivity index (χ3n) is 2.61. The summed E-state index contributed by atoms with van der Waals surface area (Å²) in [6.07, 6.45) is -0.217. The number of nitrogens with zero attached hydrogens (tertiary/aromatic N) is 3. The molecule has 0 bridgehead atoms. The SMILES string of the molecule is CC1N=C(Cn2c(=O)c(N)c(N)n(C)c2=O)ON1. The zero-order chi connectivity index (χ0) is 13.4. The molecule has 0 radical (unpaired) electrons. The predicted octanol–water partition coefficient (Wildman–Crippen LogP) is -2.01. The van der Waals surface area contributed by atoms with Crippen molar-refractivity contribution in [3.05, 3.63) is 20.8 Å². The summed E-state index contributed by atoms with van der Waals surface area (Å²) in [5.41, 5.74) is 12.3. The summed E-state index contributed by atoms with van der Waals surface area (Å²) in [4.78, 5) is 32.8. The van der Waals surface area contributed by atoms with Gasteiger partial charge in [-0.2, -0.15) is 0 Å². The van der Waals surface area contributed by atoms with Gasteiger partial charge in [-0.05, 0) is 6.92 Å². The van der Waals surface area contributed by atoms with Crippen molar-refractivity contribution in [3.8, 4) is 0 Å². The van der Waals surface area contributed by atoms with Crippen LogP contribution in [0.25, 0.3) is 0 Å². The molecule has 1 aliphatic rings. The first kappa shape index (κ1) is 12.2. The van der Waals surface area contributed by atoms with Crippen LogP contribution in [0, 0.1) is 0 Å². The molecule has 0 saturated heterocycles. The van der Waals surface area contributed by atoms with E-state index in [0.29, 0.717) is 0 Å². The average molecular weight is 254 g/mol. The lowest BCUT2D eigenvalue weighted by Crippen LogP contribution is -2.43. The maximum absolute atomic E-state index is 11.9. The van der Waals surface area contributed by atoms with E-state index in [2.05, 4.69) is 10.5 Å². The Morgan fingerprint density at radius 3 is 2.67 bits per heavy atom. The smallest absolute Gasteiger partial charge is 0.332 e. The van der Waals surface area contributed by atoms with Gasteiger partial charge < -0.3 is 16.3 Å². The predicted molar refractivity (Wildman–Crippen MR) is 65.9 cm³/mol. The molecule has 2 rings (SSSR count). The van der Waals surface area contributed by atoms with E-state index in [9.17, 15) is 9.59 Å². The highest BCUT2D eigenvalue weighted by atomic mass is 16.7. The molecule has 0 fully saturated rings. The molecule has 1 aliphatic heterocycles. The lowest BCUT2D eigenvalue weighted by molar-refractivity contribution is 0.179. The topological polar surface area (TPSA) is 130 Å². The quantitative estimate of drug-likeness (QED) is 0.559. The maximum Gasteiger partial charge on any atom is 0.332 e. The van der Waals surface area contributed by atoms with Crippen LogP contribution in [0.3, 0.4) is 0 Å². The summed E-state index contributed by atoms with van der Waals surface area (Å²) in [6, 6.07) is 0. The molecule has 0 amide bonds. The summed E-state index contributed by atoms with van der Waals surface area (Å²) in [6.45, 7) is 1.68. The second-order valence-corrected chi connectivity index (χ2v) is 3.95. The van der Waals surface area contributed by atoms with Crippen LogP contribution in [0.2, 0.25) is 0 Å². The van der Waals surface area contributed by atoms with Crippen LogP contribution in [0.1, 0.15) is 6.92 Å². The number of rotatable bonds is 2. The average Bonchev–Trinajstić information content (AvgIpc) is 2.75. The molecule has 1 atom stereocenters. The van der Waals surface area contributed by atoms with Crippen molar-refractivity contribution in [1.82, 2.24) is 14.6 Å². The number of anilines is 2. The van der Waals surface area contributed by atoms with Crippen LogP contribution in [-0.2, 0) is 18.4 Å². The van der Waals surface area contributed by atoms with E-state index in [-0.39, 0.29) is 30.1 Å². The van der Waals surface area contributed by atoms with E-state index in [1.807, 2.05) is 0 Å². The Hall–Kier alpha value is -2.29. The molecule has 9 nitrogen and oxygen atoms in total. The van der Waals surface area contributed by atoms with E-state index in [1.54, 1.807) is 6.92 Å². The summed E-state index contributed by atoms with van der Waals surface area (Å²) >= 11 is 0. The maximum atomic E-state index is 11.9. The van der Waals surface area contributed by atoms with Gasteiger partial charge in [0.05, 0.1) is 0 Å². The number of nitrogens with one attached hydrogen (secondary N) is 1.